The van der Waals surface area contributed by atoms with Crippen molar-refractivity contribution in [1.82, 2.24) is 51.5 Å². The molecule has 0 bridgehead atoms. The van der Waals surface area contributed by atoms with Crippen LogP contribution < -0.4 is 36.6 Å². The van der Waals surface area contributed by atoms with Crippen LogP contribution in [0.25, 0.3) is 0 Å². The lowest BCUT2D eigenvalue weighted by Crippen LogP contribution is -2.69. The van der Waals surface area contributed by atoms with Gasteiger partial charge in [0.25, 0.3) is 0 Å². The first-order valence-electron chi connectivity index (χ1n) is 31.0. The minimum atomic E-state index is -2.30. The summed E-state index contributed by atoms with van der Waals surface area (Å²) in [5.41, 5.74) is 0.749. The molecule has 37 heteroatoms. The minimum Gasteiger partial charge on any atom is -0.462 e. The van der Waals surface area contributed by atoms with Crippen molar-refractivity contribution in [3.63, 3.8) is 0 Å². The molecule has 6 aliphatic rings. The maximum absolute atomic E-state index is 15.5. The fourth-order valence-electron chi connectivity index (χ4n) is 12.6. The quantitative estimate of drug-likeness (QED) is 0.0699. The molecule has 0 aromatic heterocycles. The molecule has 6 heterocycles. The van der Waals surface area contributed by atoms with Gasteiger partial charge in [0.1, 0.15) is 121 Å². The third-order valence-corrected chi connectivity index (χ3v) is 18.1. The average Bonchev–Trinajstić information content (AvgIpc) is 1.54. The molecular formula is C59H88N12O25. The molecule has 2 aromatic carbocycles. The fourth-order valence-corrected chi connectivity index (χ4v) is 12.6. The molecule has 6 saturated heterocycles. The first-order chi connectivity index (χ1) is 45.6. The summed E-state index contributed by atoms with van der Waals surface area (Å²) in [6.45, 7) is -3.36. The maximum atomic E-state index is 15.5. The molecule has 6 amide bonds. The molecule has 96 heavy (non-hydrogen) atoms. The predicted molar refractivity (Wildman–Crippen MR) is 327 cm³/mol. The van der Waals surface area contributed by atoms with Gasteiger partial charge >= 0.3 is 0 Å². The fraction of sp³-hybridized carbons (Fsp3) is 0.661. The van der Waals surface area contributed by atoms with Crippen molar-refractivity contribution < 1.29 is 124 Å². The van der Waals surface area contributed by atoms with Gasteiger partial charge in [0, 0.05) is 60.7 Å². The Morgan fingerprint density at radius 1 is 0.542 bits per heavy atom. The Morgan fingerprint density at radius 3 is 1.66 bits per heavy atom. The lowest BCUT2D eigenvalue weighted by Gasteiger charge is -2.46. The number of amides is 6. The number of carbonyl (C=O) groups excluding carboxylic acids is 6. The molecule has 0 aliphatic carbocycles. The zero-order valence-electron chi connectivity index (χ0n) is 53.2. The number of nitrogens with zero attached hydrogens (tertiary/aromatic N) is 6. The van der Waals surface area contributed by atoms with E-state index in [9.17, 15) is 90.7 Å². The summed E-state index contributed by atoms with van der Waals surface area (Å²) in [6, 6.07) is 1.43. The summed E-state index contributed by atoms with van der Waals surface area (Å²) in [4.78, 5) is 103. The summed E-state index contributed by atoms with van der Waals surface area (Å²) < 4.78 is 28.6. The van der Waals surface area contributed by atoms with Gasteiger partial charge in [0.15, 0.2) is 24.4 Å². The Bertz CT molecular complexity index is 3050. The lowest BCUT2D eigenvalue weighted by molar-refractivity contribution is -0.352. The largest absolute Gasteiger partial charge is 0.462 e. The molecule has 37 nitrogen and oxygen atoms in total. The van der Waals surface area contributed by atoms with Crippen LogP contribution in [0.5, 0.6) is 5.75 Å². The topological polar surface area (TPSA) is 542 Å². The highest BCUT2D eigenvalue weighted by atomic mass is 16.7. The number of aliphatic hydroxyl groups is 14. The number of nitrogens with one attached hydrogen (secondary N) is 6. The van der Waals surface area contributed by atoms with Gasteiger partial charge in [-0.2, -0.15) is 0 Å². The van der Waals surface area contributed by atoms with Gasteiger partial charge in [-0.25, -0.2) is 0 Å². The van der Waals surface area contributed by atoms with Gasteiger partial charge in [0.2, 0.25) is 41.7 Å². The van der Waals surface area contributed by atoms with Gasteiger partial charge in [-0.15, -0.1) is 0 Å². The van der Waals surface area contributed by atoms with Crippen molar-refractivity contribution in [2.24, 2.45) is 9.98 Å². The van der Waals surface area contributed by atoms with Gasteiger partial charge < -0.3 is 147 Å². The number of ether oxygens (including phenoxy) is 5. The number of likely N-dealkylation sites (N-methyl/N-ethyl adjacent to an activating group) is 3. The highest BCUT2D eigenvalue weighted by molar-refractivity contribution is 5.98. The predicted octanol–water partition coefficient (Wildman–Crippen LogP) is -12.1. The average molecular weight is 1370 g/mol. The summed E-state index contributed by atoms with van der Waals surface area (Å²) in [5, 5.41) is 168. The summed E-state index contributed by atoms with van der Waals surface area (Å²) in [6.07, 6.45) is -31.3. The molecule has 0 saturated carbocycles. The summed E-state index contributed by atoms with van der Waals surface area (Å²) in [7, 11) is 7.41. The second-order valence-corrected chi connectivity index (χ2v) is 24.4. The summed E-state index contributed by atoms with van der Waals surface area (Å²) in [5.74, 6) is -7.77. The Morgan fingerprint density at radius 2 is 1.06 bits per heavy atom. The number of hydrogen-bond acceptors (Lipinski definition) is 27. The van der Waals surface area contributed by atoms with Crippen LogP contribution in [-0.2, 0) is 54.1 Å². The van der Waals surface area contributed by atoms with Crippen molar-refractivity contribution in [1.29, 1.82) is 0 Å². The van der Waals surface area contributed by atoms with Gasteiger partial charge in [-0.3, -0.25) is 38.8 Å². The molecular weight excluding hydrogens is 1280 g/mol. The standard InChI is InChI=1S/C59H88N12O25/c1-24(26-10-8-7-9-11-26)36-52(89)63-28(16-25-12-14-27(15-13-25)92-56-48(86)45(83)49(34(23-75)95-56)96-57-47(85)44(82)42(80)33(22-74)94-57)51(88)66-37(39(77)30-18-68(4)58(60-2)70(30)6)54(91)67-38(53(90)64-29(20-72)50(87)62-17-35(76)65-36)40(78)31-19-69(5)59(61-3)71(31)55-46(84)43(81)41(79)32(21-73)93-55/h7-15,24,28-34,36-49,55-57,72-75,77-86H,16-23H2,1-6H3,(H,62,87)(H,63,89)(H,64,90)(H,65,76)(H,66,88)(H,67,91)/b60-58-,61-59-. The van der Waals surface area contributed by atoms with Crippen LogP contribution in [0.3, 0.4) is 0 Å². The van der Waals surface area contributed by atoms with E-state index in [0.717, 1.165) is 4.90 Å². The van der Waals surface area contributed by atoms with Crippen molar-refractivity contribution in [2.75, 3.05) is 81.3 Å². The van der Waals surface area contributed by atoms with Crippen LogP contribution in [-0.4, -0.2) is 366 Å². The zero-order chi connectivity index (χ0) is 70.3. The molecule has 20 N–H and O–H groups in total. The first-order valence-corrected chi connectivity index (χ1v) is 31.0. The number of hydrogen-bond donors (Lipinski definition) is 20. The van der Waals surface area contributed by atoms with Gasteiger partial charge in [-0.05, 0) is 23.3 Å². The highest BCUT2D eigenvalue weighted by Gasteiger charge is 2.56. The zero-order valence-corrected chi connectivity index (χ0v) is 53.2. The Hall–Kier alpha value is -7.12. The highest BCUT2D eigenvalue weighted by Crippen LogP contribution is 2.34. The molecule has 534 valence electrons. The summed E-state index contributed by atoms with van der Waals surface area (Å²) >= 11 is 0. The second kappa shape index (κ2) is 32.5. The van der Waals surface area contributed by atoms with Crippen LogP contribution in [0.2, 0.25) is 0 Å². The van der Waals surface area contributed by atoms with E-state index in [2.05, 4.69) is 41.9 Å². The maximum Gasteiger partial charge on any atom is 0.246 e. The smallest absolute Gasteiger partial charge is 0.246 e. The van der Waals surface area contributed by atoms with E-state index in [4.69, 9.17) is 23.7 Å². The molecule has 25 atom stereocenters. The molecule has 8 rings (SSSR count). The minimum absolute atomic E-state index is 0.0438. The van der Waals surface area contributed by atoms with E-state index in [1.165, 1.54) is 62.3 Å². The molecule has 2 aromatic rings. The van der Waals surface area contributed by atoms with Crippen LogP contribution >= 0.6 is 0 Å². The van der Waals surface area contributed by atoms with E-state index in [-0.39, 0.29) is 30.4 Å². The number of rotatable bonds is 17. The molecule has 6 aliphatic heterocycles. The SMILES string of the molecule is C/N=C1/N(C)CC(C(O)C2NC(=O)C(Cc3ccc(OC4OC(CO)C(OC5OC(CO)C(O)C(O)C5O)C(O)C4O)cc3)NC(=O)C(C(C)c3ccccc3)NC(=O)CNC(=O)C(CO)NC(=O)C(C(O)C3CN(C)/C(=N/C)N3C3OC(CO)C(O)C(O)C3O)NC2=O)N1C. The number of aliphatic hydroxyl groups excluding tert-OH is 14. The van der Waals surface area contributed by atoms with Gasteiger partial charge in [0.05, 0.1) is 45.1 Å². The van der Waals surface area contributed by atoms with E-state index in [0.29, 0.717) is 11.5 Å². The Balaban J connectivity index is 1.15. The third-order valence-electron chi connectivity index (χ3n) is 18.1. The van der Waals surface area contributed by atoms with Crippen molar-refractivity contribution in [2.45, 2.75) is 166 Å². The van der Waals surface area contributed by atoms with E-state index in [1.807, 2.05) is 0 Å². The van der Waals surface area contributed by atoms with E-state index in [1.54, 1.807) is 49.2 Å². The van der Waals surface area contributed by atoms with Crippen LogP contribution in [0, 0.1) is 0 Å². The lowest BCUT2D eigenvalue weighted by atomic mass is 9.92. The number of benzene rings is 2. The number of guanidine groups is 2. The first kappa shape index (κ1) is 74.7. The van der Waals surface area contributed by atoms with E-state index >= 15 is 9.59 Å². The third kappa shape index (κ3) is 16.0. The van der Waals surface area contributed by atoms with Gasteiger partial charge in [-0.1, -0.05) is 49.4 Å². The molecule has 25 unspecified atom stereocenters. The van der Waals surface area contributed by atoms with Crippen molar-refractivity contribution in [3.8, 4) is 5.75 Å². The second-order valence-electron chi connectivity index (χ2n) is 24.4. The van der Waals surface area contributed by atoms with Crippen LogP contribution in [0.1, 0.15) is 24.0 Å². The van der Waals surface area contributed by atoms with Crippen LogP contribution in [0.15, 0.2) is 64.6 Å². The molecule has 0 radical (unpaired) electrons. The normalized spacial score (nSPS) is 37.4. The van der Waals surface area contributed by atoms with Crippen molar-refractivity contribution >= 4 is 47.4 Å². The van der Waals surface area contributed by atoms with E-state index < -0.39 is 227 Å². The monoisotopic (exact) mass is 1360 g/mol. The Kier molecular flexibility index (Phi) is 25.3. The number of carbonyl (C=O) groups is 6. The number of aliphatic imine (C=N–C) groups is 2. The Labute approximate surface area is 549 Å². The molecule has 0 spiro atoms. The van der Waals surface area contributed by atoms with Crippen molar-refractivity contribution in [3.05, 3.63) is 65.7 Å². The van der Waals surface area contributed by atoms with Crippen LogP contribution in [0.4, 0.5) is 0 Å². The molecule has 6 fully saturated rings.